The second-order valence-electron chi connectivity index (χ2n) is 13.6. The lowest BCUT2D eigenvalue weighted by molar-refractivity contribution is -0.137. The van der Waals surface area contributed by atoms with Crippen molar-refractivity contribution in [2.24, 2.45) is 0 Å². The van der Waals surface area contributed by atoms with E-state index in [4.69, 9.17) is 14.7 Å². The number of carboxylic acid groups (broad SMARTS) is 1. The molecule has 14 heteroatoms. The van der Waals surface area contributed by atoms with Gasteiger partial charge in [0.1, 0.15) is 17.3 Å². The zero-order valence-corrected chi connectivity index (χ0v) is 28.5. The summed E-state index contributed by atoms with van der Waals surface area (Å²) in [5.41, 5.74) is 2.76. The predicted molar refractivity (Wildman–Crippen MR) is 176 cm³/mol. The summed E-state index contributed by atoms with van der Waals surface area (Å²) < 4.78 is 60.5. The molecule has 6 rings (SSSR count). The number of carbonyl (C=O) groups is 2. The van der Waals surface area contributed by atoms with Crippen molar-refractivity contribution in [1.82, 2.24) is 19.9 Å². The van der Waals surface area contributed by atoms with Gasteiger partial charge in [0.15, 0.2) is 0 Å². The quantitative estimate of drug-likeness (QED) is 0.193. The number of halogens is 4. The molecule has 2 fully saturated rings. The van der Waals surface area contributed by atoms with Crippen LogP contribution in [0.3, 0.4) is 0 Å². The summed E-state index contributed by atoms with van der Waals surface area (Å²) in [6, 6.07) is 7.83. The minimum Gasteiger partial charge on any atom is -0.478 e. The van der Waals surface area contributed by atoms with Gasteiger partial charge in [-0.1, -0.05) is 38.5 Å². The van der Waals surface area contributed by atoms with E-state index in [2.05, 4.69) is 4.98 Å². The molecule has 0 spiro atoms. The Balaban J connectivity index is 1.42. The molecule has 2 saturated heterocycles. The average molecular weight is 698 g/mol. The van der Waals surface area contributed by atoms with Crippen LogP contribution in [0.15, 0.2) is 42.6 Å². The summed E-state index contributed by atoms with van der Waals surface area (Å²) >= 11 is 1.38. The average Bonchev–Trinajstić information content (AvgIpc) is 3.56. The summed E-state index contributed by atoms with van der Waals surface area (Å²) in [6.45, 7) is 11.3. The fourth-order valence-corrected chi connectivity index (χ4v) is 7.48. The largest absolute Gasteiger partial charge is 0.478 e. The van der Waals surface area contributed by atoms with Gasteiger partial charge in [0.2, 0.25) is 5.95 Å². The smallest absolute Gasteiger partial charge is 0.416 e. The van der Waals surface area contributed by atoms with Crippen LogP contribution in [0.25, 0.3) is 21.0 Å². The molecule has 0 aliphatic carbocycles. The van der Waals surface area contributed by atoms with Crippen LogP contribution in [0.4, 0.5) is 28.3 Å². The van der Waals surface area contributed by atoms with Gasteiger partial charge in [0, 0.05) is 22.7 Å². The molecular weight excluding hydrogens is 662 g/mol. The van der Waals surface area contributed by atoms with E-state index in [9.17, 15) is 32.3 Å². The number of anilines is 1. The molecule has 4 aromatic rings. The molecule has 0 radical (unpaired) electrons. The number of thiazole rings is 1. The highest BCUT2D eigenvalue weighted by atomic mass is 32.1. The standard InChI is InChI=1S/C35H35F4N5O4S/c1-17-9-21(12-22(10-17)35(37,38)39)27-19(3)44(33(47)48-27)16-26-25(13-40-32(41-26)43-14-23(36)15-43)28-29(34(4,5)6)42-30(49-28)24-8-7-20(31(45)46)11-18(24)2/h7-13,19,23,27H,14-16H2,1-6H3,(H,45,46)/t19-,27-/m0/s1. The van der Waals surface area contributed by atoms with Gasteiger partial charge in [0.05, 0.1) is 53.1 Å². The van der Waals surface area contributed by atoms with Crippen LogP contribution in [0.1, 0.15) is 77.8 Å². The molecular formula is C35H35F4N5O4S. The van der Waals surface area contributed by atoms with E-state index in [0.29, 0.717) is 27.8 Å². The van der Waals surface area contributed by atoms with Crippen LogP contribution in [0, 0.1) is 13.8 Å². The molecule has 2 aromatic heterocycles. The molecule has 0 unspecified atom stereocenters. The number of carbonyl (C=O) groups excluding carboxylic acids is 1. The van der Waals surface area contributed by atoms with Crippen molar-refractivity contribution >= 4 is 29.3 Å². The fourth-order valence-electron chi connectivity index (χ4n) is 6.08. The number of alkyl halides is 4. The lowest BCUT2D eigenvalue weighted by Crippen LogP contribution is -2.49. The summed E-state index contributed by atoms with van der Waals surface area (Å²) in [6.07, 6.45) is -5.61. The number of carboxylic acids is 1. The zero-order chi connectivity index (χ0) is 35.6. The number of aromatic carboxylic acids is 1. The van der Waals surface area contributed by atoms with Crippen molar-refractivity contribution in [1.29, 1.82) is 0 Å². The Hall–Kier alpha value is -4.59. The third-order valence-electron chi connectivity index (χ3n) is 8.73. The van der Waals surface area contributed by atoms with Crippen molar-refractivity contribution in [3.05, 3.63) is 81.8 Å². The number of aromatic nitrogens is 3. The van der Waals surface area contributed by atoms with Gasteiger partial charge in [-0.3, -0.25) is 4.90 Å². The highest BCUT2D eigenvalue weighted by molar-refractivity contribution is 7.18. The molecule has 0 saturated carbocycles. The van der Waals surface area contributed by atoms with E-state index < -0.39 is 47.5 Å². The van der Waals surface area contributed by atoms with Gasteiger partial charge >= 0.3 is 18.2 Å². The molecule has 2 aliphatic rings. The Kier molecular flexibility index (Phi) is 8.66. The maximum absolute atomic E-state index is 13.8. The SMILES string of the molecule is Cc1cc([C@H]2OC(=O)N(Cc3nc(N4CC(F)C4)ncc3-c3sc(-c4ccc(C(=O)O)cc4C)nc3C(C)(C)C)[C@H]2C)cc(C(F)(F)F)c1. The Bertz CT molecular complexity index is 1950. The fraction of sp³-hybridized carbons (Fsp3) is 0.400. The number of rotatable bonds is 7. The van der Waals surface area contributed by atoms with Gasteiger partial charge < -0.3 is 14.7 Å². The molecule has 9 nitrogen and oxygen atoms in total. The molecule has 258 valence electrons. The summed E-state index contributed by atoms with van der Waals surface area (Å²) in [4.78, 5) is 43.2. The number of amides is 1. The van der Waals surface area contributed by atoms with Crippen molar-refractivity contribution in [3.8, 4) is 21.0 Å². The number of hydrogen-bond acceptors (Lipinski definition) is 8. The first-order valence-electron chi connectivity index (χ1n) is 15.7. The molecule has 0 bridgehead atoms. The van der Waals surface area contributed by atoms with Gasteiger partial charge in [-0.05, 0) is 56.2 Å². The Morgan fingerprint density at radius 1 is 1.06 bits per heavy atom. The topological polar surface area (TPSA) is 109 Å². The third-order valence-corrected chi connectivity index (χ3v) is 9.85. The molecule has 2 aliphatic heterocycles. The van der Waals surface area contributed by atoms with Gasteiger partial charge in [-0.2, -0.15) is 13.2 Å². The molecule has 2 atom stereocenters. The highest BCUT2D eigenvalue weighted by Crippen LogP contribution is 2.44. The normalized spacial score (nSPS) is 18.5. The molecule has 4 heterocycles. The van der Waals surface area contributed by atoms with Gasteiger partial charge in [-0.15, -0.1) is 11.3 Å². The first-order valence-corrected chi connectivity index (χ1v) is 16.5. The van der Waals surface area contributed by atoms with Crippen molar-refractivity contribution < 1.29 is 37.0 Å². The van der Waals surface area contributed by atoms with Gasteiger partial charge in [0.25, 0.3) is 0 Å². The van der Waals surface area contributed by atoms with E-state index >= 15 is 0 Å². The molecule has 2 aromatic carbocycles. The summed E-state index contributed by atoms with van der Waals surface area (Å²) in [7, 11) is 0. The van der Waals surface area contributed by atoms with Crippen LogP contribution in [0.2, 0.25) is 0 Å². The molecule has 1 N–H and O–H groups in total. The minimum absolute atomic E-state index is 0.0602. The predicted octanol–water partition coefficient (Wildman–Crippen LogP) is 8.14. The van der Waals surface area contributed by atoms with E-state index in [1.165, 1.54) is 22.3 Å². The summed E-state index contributed by atoms with van der Waals surface area (Å²) in [5.74, 6) is -0.742. The maximum atomic E-state index is 13.8. The Morgan fingerprint density at radius 3 is 2.39 bits per heavy atom. The minimum atomic E-state index is -4.57. The number of cyclic esters (lactones) is 1. The maximum Gasteiger partial charge on any atom is 0.416 e. The Labute approximate surface area is 284 Å². The van der Waals surface area contributed by atoms with Crippen LogP contribution in [-0.4, -0.2) is 62.3 Å². The zero-order valence-electron chi connectivity index (χ0n) is 27.7. The van der Waals surface area contributed by atoms with Crippen molar-refractivity contribution in [2.75, 3.05) is 18.0 Å². The first-order chi connectivity index (χ1) is 22.9. The lowest BCUT2D eigenvalue weighted by Gasteiger charge is -2.34. The second-order valence-corrected chi connectivity index (χ2v) is 14.6. The van der Waals surface area contributed by atoms with E-state index in [0.717, 1.165) is 33.8 Å². The van der Waals surface area contributed by atoms with Crippen LogP contribution in [-0.2, 0) is 22.9 Å². The van der Waals surface area contributed by atoms with Crippen molar-refractivity contribution in [3.63, 3.8) is 0 Å². The molecule has 1 amide bonds. The van der Waals surface area contributed by atoms with Crippen LogP contribution < -0.4 is 4.90 Å². The molecule has 49 heavy (non-hydrogen) atoms. The third kappa shape index (κ3) is 6.70. The number of nitrogens with zero attached hydrogens (tertiary/aromatic N) is 5. The number of hydrogen-bond donors (Lipinski definition) is 1. The number of aryl methyl sites for hydroxylation is 2. The van der Waals surface area contributed by atoms with Crippen LogP contribution >= 0.6 is 11.3 Å². The van der Waals surface area contributed by atoms with Crippen LogP contribution in [0.5, 0.6) is 0 Å². The monoisotopic (exact) mass is 697 g/mol. The summed E-state index contributed by atoms with van der Waals surface area (Å²) in [5, 5.41) is 10.1. The van der Waals surface area contributed by atoms with E-state index in [1.54, 1.807) is 43.1 Å². The van der Waals surface area contributed by atoms with Gasteiger partial charge in [-0.25, -0.2) is 28.9 Å². The second kappa shape index (κ2) is 12.4. The van der Waals surface area contributed by atoms with Crippen molar-refractivity contribution in [2.45, 2.75) is 78.0 Å². The lowest BCUT2D eigenvalue weighted by atomic mass is 9.89. The Morgan fingerprint density at radius 2 is 1.78 bits per heavy atom. The number of benzene rings is 2. The van der Waals surface area contributed by atoms with E-state index in [1.807, 2.05) is 27.7 Å². The first kappa shape index (κ1) is 34.3. The number of ether oxygens (including phenoxy) is 1. The van der Waals surface area contributed by atoms with E-state index in [-0.39, 0.29) is 30.8 Å². The highest BCUT2D eigenvalue weighted by Gasteiger charge is 2.42.